The van der Waals surface area contributed by atoms with Crippen molar-refractivity contribution in [1.29, 1.82) is 0 Å². The molecule has 1 aromatic carbocycles. The molecule has 9 nitrogen and oxygen atoms in total. The van der Waals surface area contributed by atoms with Crippen LogP contribution in [0.3, 0.4) is 0 Å². The summed E-state index contributed by atoms with van der Waals surface area (Å²) in [6.45, 7) is 0.608. The van der Waals surface area contributed by atoms with Gasteiger partial charge in [0, 0.05) is 65.9 Å². The van der Waals surface area contributed by atoms with E-state index in [1.165, 1.54) is 0 Å². The maximum Gasteiger partial charge on any atom is 0.159 e. The number of hydrogen-bond donors (Lipinski definition) is 2. The van der Waals surface area contributed by atoms with Gasteiger partial charge in [-0.05, 0) is 24.5 Å². The highest BCUT2D eigenvalue weighted by molar-refractivity contribution is 5.70. The number of ether oxygens (including phenoxy) is 1. The zero-order chi connectivity index (χ0) is 24.0. The molecule has 35 heavy (non-hydrogen) atoms. The van der Waals surface area contributed by atoms with Gasteiger partial charge in [-0.15, -0.1) is 0 Å². The van der Waals surface area contributed by atoms with Crippen LogP contribution >= 0.6 is 0 Å². The summed E-state index contributed by atoms with van der Waals surface area (Å²) >= 11 is 0. The number of aryl methyl sites for hydroxylation is 1. The Hall–Kier alpha value is -3.40. The Balaban J connectivity index is 1.20. The molecular weight excluding hydrogens is 444 g/mol. The fourth-order valence-corrected chi connectivity index (χ4v) is 5.44. The number of aliphatic hydroxyl groups is 2. The minimum Gasteiger partial charge on any atom is -0.396 e. The monoisotopic (exact) mass is 472 g/mol. The zero-order valence-corrected chi connectivity index (χ0v) is 19.6. The summed E-state index contributed by atoms with van der Waals surface area (Å²) in [4.78, 5) is 9.22. The quantitative estimate of drug-likeness (QED) is 0.459. The number of aromatic nitrogens is 6. The molecule has 0 spiro atoms. The number of rotatable bonds is 5. The molecule has 0 radical (unpaired) electrons. The highest BCUT2D eigenvalue weighted by Crippen LogP contribution is 2.51. The van der Waals surface area contributed by atoms with Gasteiger partial charge in [0.1, 0.15) is 0 Å². The molecule has 9 heteroatoms. The van der Waals surface area contributed by atoms with E-state index in [0.29, 0.717) is 25.3 Å². The second kappa shape index (κ2) is 8.37. The molecule has 0 unspecified atom stereocenters. The van der Waals surface area contributed by atoms with Crippen LogP contribution in [0.15, 0.2) is 61.4 Å². The van der Waals surface area contributed by atoms with Crippen LogP contribution in [0.5, 0.6) is 0 Å². The topological polar surface area (TPSA) is 111 Å². The number of aliphatic hydroxyl groups excluding tert-OH is 1. The third kappa shape index (κ3) is 3.76. The highest BCUT2D eigenvalue weighted by atomic mass is 16.5. The predicted molar refractivity (Wildman–Crippen MR) is 129 cm³/mol. The predicted octanol–water partition coefficient (Wildman–Crippen LogP) is 2.87. The van der Waals surface area contributed by atoms with E-state index >= 15 is 0 Å². The van der Waals surface area contributed by atoms with E-state index < -0.39 is 11.0 Å². The fraction of sp³-hybridized carbons (Fsp3) is 0.385. The van der Waals surface area contributed by atoms with Gasteiger partial charge in [0.25, 0.3) is 0 Å². The number of benzene rings is 1. The summed E-state index contributed by atoms with van der Waals surface area (Å²) < 4.78 is 9.27. The van der Waals surface area contributed by atoms with Crippen LogP contribution in [0.2, 0.25) is 0 Å². The lowest BCUT2D eigenvalue weighted by atomic mass is 9.64. The third-order valence-corrected chi connectivity index (χ3v) is 7.66. The van der Waals surface area contributed by atoms with Crippen molar-refractivity contribution in [2.24, 2.45) is 12.5 Å². The maximum absolute atomic E-state index is 11.2. The minimum absolute atomic E-state index is 0.0468. The first-order chi connectivity index (χ1) is 17.0. The first kappa shape index (κ1) is 22.1. The van der Waals surface area contributed by atoms with Crippen molar-refractivity contribution < 1.29 is 14.9 Å². The van der Waals surface area contributed by atoms with Crippen LogP contribution in [0.25, 0.3) is 33.6 Å². The molecule has 3 atom stereocenters. The Kier molecular flexibility index (Phi) is 5.28. The summed E-state index contributed by atoms with van der Waals surface area (Å²) in [5.41, 5.74) is 3.28. The molecule has 1 aliphatic heterocycles. The fourth-order valence-electron chi connectivity index (χ4n) is 5.44. The molecular formula is C26H28N6O3. The molecule has 3 aromatic heterocycles. The standard InChI is InChI=1S/C26H28N6O3/c1-31-13-21(11-29-31)18-3-2-4-19(7-18)24-27-9-20(10-28-24)22-12-30-32(14-22)23-5-6-25(15-33)16-35-17-26(25,34)8-23/h2-4,7,9-14,23,33-34H,5-6,8,15-17H2,1H3/t23-,25-,26+/m0/s1. The lowest BCUT2D eigenvalue weighted by Gasteiger charge is -2.46. The second-order valence-corrected chi connectivity index (χ2v) is 9.85. The van der Waals surface area contributed by atoms with Crippen molar-refractivity contribution >= 4 is 0 Å². The van der Waals surface area contributed by atoms with E-state index in [9.17, 15) is 10.2 Å². The van der Waals surface area contributed by atoms with Crippen molar-refractivity contribution in [3.8, 4) is 33.6 Å². The van der Waals surface area contributed by atoms with Gasteiger partial charge in [-0.3, -0.25) is 9.36 Å². The SMILES string of the molecule is Cn1cc(-c2cccc(-c3ncc(-c4cnn([C@H]5CC[C@]6(CO)COC[C@]6(O)C5)c4)cn3)c2)cn1. The van der Waals surface area contributed by atoms with E-state index in [4.69, 9.17) is 4.74 Å². The van der Waals surface area contributed by atoms with Gasteiger partial charge in [-0.25, -0.2) is 9.97 Å². The molecule has 4 heterocycles. The Morgan fingerprint density at radius 1 is 0.971 bits per heavy atom. The van der Waals surface area contributed by atoms with Gasteiger partial charge < -0.3 is 14.9 Å². The van der Waals surface area contributed by atoms with Crippen LogP contribution in [0.1, 0.15) is 25.3 Å². The van der Waals surface area contributed by atoms with Crippen LogP contribution in [-0.4, -0.2) is 65.2 Å². The van der Waals surface area contributed by atoms with Crippen molar-refractivity contribution in [1.82, 2.24) is 29.5 Å². The van der Waals surface area contributed by atoms with E-state index in [1.807, 2.05) is 67.1 Å². The molecule has 0 amide bonds. The van der Waals surface area contributed by atoms with Crippen molar-refractivity contribution in [2.45, 2.75) is 30.9 Å². The Bertz CT molecular complexity index is 1350. The zero-order valence-electron chi connectivity index (χ0n) is 19.6. The third-order valence-electron chi connectivity index (χ3n) is 7.66. The lowest BCUT2D eigenvalue weighted by Crippen LogP contribution is -2.54. The summed E-state index contributed by atoms with van der Waals surface area (Å²) in [5.74, 6) is 0.656. The van der Waals surface area contributed by atoms with Crippen molar-refractivity contribution in [3.63, 3.8) is 0 Å². The van der Waals surface area contributed by atoms with Gasteiger partial charge in [-0.1, -0.05) is 18.2 Å². The molecule has 1 aliphatic carbocycles. The Morgan fingerprint density at radius 2 is 1.74 bits per heavy atom. The summed E-state index contributed by atoms with van der Waals surface area (Å²) in [5, 5.41) is 30.0. The van der Waals surface area contributed by atoms with Crippen LogP contribution < -0.4 is 0 Å². The van der Waals surface area contributed by atoms with Gasteiger partial charge in [0.2, 0.25) is 0 Å². The molecule has 2 N–H and O–H groups in total. The van der Waals surface area contributed by atoms with Crippen LogP contribution in [0.4, 0.5) is 0 Å². The van der Waals surface area contributed by atoms with Crippen LogP contribution in [-0.2, 0) is 11.8 Å². The van der Waals surface area contributed by atoms with Gasteiger partial charge >= 0.3 is 0 Å². The van der Waals surface area contributed by atoms with Crippen molar-refractivity contribution in [3.05, 3.63) is 61.4 Å². The van der Waals surface area contributed by atoms with Gasteiger partial charge in [-0.2, -0.15) is 10.2 Å². The summed E-state index contributed by atoms with van der Waals surface area (Å²) in [7, 11) is 1.90. The number of fused-ring (bicyclic) bond motifs is 1. The summed E-state index contributed by atoms with van der Waals surface area (Å²) in [6.07, 6.45) is 13.3. The molecule has 1 saturated carbocycles. The summed E-state index contributed by atoms with van der Waals surface area (Å²) in [6, 6.07) is 8.16. The van der Waals surface area contributed by atoms with Gasteiger partial charge in [0.15, 0.2) is 5.82 Å². The second-order valence-electron chi connectivity index (χ2n) is 9.85. The average Bonchev–Trinajstić information content (AvgIpc) is 3.62. The molecule has 4 aromatic rings. The first-order valence-corrected chi connectivity index (χ1v) is 11.9. The molecule has 6 rings (SSSR count). The smallest absolute Gasteiger partial charge is 0.159 e. The first-order valence-electron chi connectivity index (χ1n) is 11.9. The normalized spacial score (nSPS) is 26.1. The number of nitrogens with zero attached hydrogens (tertiary/aromatic N) is 6. The highest BCUT2D eigenvalue weighted by Gasteiger charge is 2.58. The van der Waals surface area contributed by atoms with E-state index in [-0.39, 0.29) is 19.3 Å². The molecule has 2 fully saturated rings. The van der Waals surface area contributed by atoms with E-state index in [0.717, 1.165) is 34.2 Å². The Morgan fingerprint density at radius 3 is 2.51 bits per heavy atom. The number of hydrogen-bond acceptors (Lipinski definition) is 7. The minimum atomic E-state index is -1.02. The van der Waals surface area contributed by atoms with Crippen LogP contribution in [0, 0.1) is 5.41 Å². The Labute approximate surface area is 203 Å². The molecule has 0 bridgehead atoms. The molecule has 1 saturated heterocycles. The molecule has 180 valence electrons. The van der Waals surface area contributed by atoms with Crippen molar-refractivity contribution in [2.75, 3.05) is 19.8 Å². The van der Waals surface area contributed by atoms with Gasteiger partial charge in [0.05, 0.1) is 43.9 Å². The lowest BCUT2D eigenvalue weighted by molar-refractivity contribution is -0.114. The maximum atomic E-state index is 11.2. The average molecular weight is 473 g/mol. The van der Waals surface area contributed by atoms with E-state index in [2.05, 4.69) is 26.2 Å². The molecule has 2 aliphatic rings. The van der Waals surface area contributed by atoms with E-state index in [1.54, 1.807) is 4.68 Å². The largest absolute Gasteiger partial charge is 0.396 e.